The fourth-order valence-electron chi connectivity index (χ4n) is 2.18. The van der Waals surface area contributed by atoms with Crippen LogP contribution in [-0.2, 0) is 7.05 Å². The summed E-state index contributed by atoms with van der Waals surface area (Å²) in [5.41, 5.74) is 2.60. The summed E-state index contributed by atoms with van der Waals surface area (Å²) < 4.78 is 1.88. The molecule has 0 aliphatic rings. The standard InChI is InChI=1S/C14H16N6/c1-3-10(11-6-4-5-7-15-11)19-13-12-14(17-8-16-13)20(2)9-18-12/h4-10H,3H2,1-2H3,(H,16,17,19)/t10-/m0/s1. The molecule has 3 heterocycles. The molecule has 0 aromatic carbocycles. The van der Waals surface area contributed by atoms with Crippen molar-refractivity contribution < 1.29 is 0 Å². The molecule has 3 aromatic rings. The van der Waals surface area contributed by atoms with Crippen molar-refractivity contribution >= 4 is 17.0 Å². The van der Waals surface area contributed by atoms with Gasteiger partial charge in [0, 0.05) is 13.2 Å². The SMILES string of the molecule is CC[C@H](Nc1ncnc2c1ncn2C)c1ccccn1. The van der Waals surface area contributed by atoms with E-state index in [1.807, 2.05) is 29.8 Å². The lowest BCUT2D eigenvalue weighted by Gasteiger charge is -2.16. The lowest BCUT2D eigenvalue weighted by atomic mass is 10.1. The van der Waals surface area contributed by atoms with Crippen molar-refractivity contribution in [3.05, 3.63) is 42.7 Å². The lowest BCUT2D eigenvalue weighted by molar-refractivity contribution is 0.719. The van der Waals surface area contributed by atoms with Crippen molar-refractivity contribution in [3.8, 4) is 0 Å². The van der Waals surface area contributed by atoms with E-state index < -0.39 is 0 Å². The number of hydrogen-bond acceptors (Lipinski definition) is 5. The Labute approximate surface area is 116 Å². The first-order chi connectivity index (χ1) is 9.79. The molecule has 0 unspecified atom stereocenters. The molecule has 1 atom stereocenters. The Kier molecular flexibility index (Phi) is 3.28. The zero-order valence-electron chi connectivity index (χ0n) is 11.5. The average molecular weight is 268 g/mol. The summed E-state index contributed by atoms with van der Waals surface area (Å²) in [6.07, 6.45) is 6.01. The van der Waals surface area contributed by atoms with Gasteiger partial charge in [0.25, 0.3) is 0 Å². The highest BCUT2D eigenvalue weighted by Crippen LogP contribution is 2.23. The maximum absolute atomic E-state index is 4.40. The van der Waals surface area contributed by atoms with E-state index in [1.165, 1.54) is 0 Å². The Morgan fingerprint density at radius 2 is 2.10 bits per heavy atom. The van der Waals surface area contributed by atoms with Gasteiger partial charge in [-0.3, -0.25) is 4.98 Å². The fourth-order valence-corrected chi connectivity index (χ4v) is 2.18. The molecule has 1 N–H and O–H groups in total. The molecular weight excluding hydrogens is 252 g/mol. The summed E-state index contributed by atoms with van der Waals surface area (Å²) >= 11 is 0. The number of aryl methyl sites for hydroxylation is 1. The van der Waals surface area contributed by atoms with Crippen LogP contribution in [0.15, 0.2) is 37.1 Å². The minimum absolute atomic E-state index is 0.108. The van der Waals surface area contributed by atoms with Gasteiger partial charge in [-0.2, -0.15) is 0 Å². The third-order valence-electron chi connectivity index (χ3n) is 3.26. The molecule has 0 amide bonds. The molecule has 3 aromatic heterocycles. The van der Waals surface area contributed by atoms with Crippen LogP contribution in [0, 0.1) is 0 Å². The number of hydrogen-bond donors (Lipinski definition) is 1. The molecule has 20 heavy (non-hydrogen) atoms. The second kappa shape index (κ2) is 5.24. The largest absolute Gasteiger partial charge is 0.360 e. The van der Waals surface area contributed by atoms with E-state index >= 15 is 0 Å². The van der Waals surface area contributed by atoms with E-state index in [0.717, 1.165) is 29.1 Å². The van der Waals surface area contributed by atoms with Crippen LogP contribution in [0.25, 0.3) is 11.2 Å². The third kappa shape index (κ3) is 2.20. The Hall–Kier alpha value is -2.50. The Morgan fingerprint density at radius 3 is 2.85 bits per heavy atom. The van der Waals surface area contributed by atoms with Crippen molar-refractivity contribution in [2.75, 3.05) is 5.32 Å². The zero-order valence-corrected chi connectivity index (χ0v) is 11.5. The molecular formula is C14H16N6. The number of rotatable bonds is 4. The van der Waals surface area contributed by atoms with Gasteiger partial charge in [-0.15, -0.1) is 0 Å². The van der Waals surface area contributed by atoms with Gasteiger partial charge in [-0.05, 0) is 18.6 Å². The quantitative estimate of drug-likeness (QED) is 0.786. The van der Waals surface area contributed by atoms with Crippen molar-refractivity contribution in [1.82, 2.24) is 24.5 Å². The van der Waals surface area contributed by atoms with Gasteiger partial charge in [-0.1, -0.05) is 13.0 Å². The van der Waals surface area contributed by atoms with Crippen LogP contribution in [0.2, 0.25) is 0 Å². The summed E-state index contributed by atoms with van der Waals surface area (Å²) in [5, 5.41) is 3.41. The highest BCUT2D eigenvalue weighted by molar-refractivity contribution is 5.82. The van der Waals surface area contributed by atoms with Gasteiger partial charge < -0.3 is 9.88 Å². The van der Waals surface area contributed by atoms with E-state index in [4.69, 9.17) is 0 Å². The molecule has 0 bridgehead atoms. The van der Waals surface area contributed by atoms with E-state index in [2.05, 4.69) is 32.2 Å². The molecule has 6 nitrogen and oxygen atoms in total. The smallest absolute Gasteiger partial charge is 0.165 e. The zero-order chi connectivity index (χ0) is 13.9. The van der Waals surface area contributed by atoms with Crippen molar-refractivity contribution in [3.63, 3.8) is 0 Å². The first-order valence-electron chi connectivity index (χ1n) is 6.59. The van der Waals surface area contributed by atoms with Gasteiger partial charge in [-0.25, -0.2) is 15.0 Å². The molecule has 0 saturated heterocycles. The van der Waals surface area contributed by atoms with Gasteiger partial charge in [0.1, 0.15) is 11.8 Å². The predicted octanol–water partition coefficient (Wildman–Crippen LogP) is 2.32. The maximum atomic E-state index is 4.40. The number of nitrogens with one attached hydrogen (secondary N) is 1. The number of fused-ring (bicyclic) bond motifs is 1. The number of nitrogens with zero attached hydrogens (tertiary/aromatic N) is 5. The summed E-state index contributed by atoms with van der Waals surface area (Å²) in [5.74, 6) is 0.744. The van der Waals surface area contributed by atoms with Crippen molar-refractivity contribution in [2.45, 2.75) is 19.4 Å². The minimum Gasteiger partial charge on any atom is -0.360 e. The highest BCUT2D eigenvalue weighted by Gasteiger charge is 2.14. The molecule has 0 fully saturated rings. The lowest BCUT2D eigenvalue weighted by Crippen LogP contribution is -2.12. The molecule has 0 saturated carbocycles. The van der Waals surface area contributed by atoms with Crippen molar-refractivity contribution in [2.24, 2.45) is 7.05 Å². The third-order valence-corrected chi connectivity index (χ3v) is 3.26. The number of imidazole rings is 1. The average Bonchev–Trinajstić information content (AvgIpc) is 2.88. The second-order valence-corrected chi connectivity index (χ2v) is 4.61. The maximum Gasteiger partial charge on any atom is 0.165 e. The fraction of sp³-hybridized carbons (Fsp3) is 0.286. The Bertz CT molecular complexity index is 706. The van der Waals surface area contributed by atoms with Gasteiger partial charge in [0.15, 0.2) is 11.5 Å². The van der Waals surface area contributed by atoms with E-state index in [0.29, 0.717) is 0 Å². The Morgan fingerprint density at radius 1 is 1.20 bits per heavy atom. The summed E-state index contributed by atoms with van der Waals surface area (Å²) in [6, 6.07) is 6.02. The van der Waals surface area contributed by atoms with Crippen LogP contribution >= 0.6 is 0 Å². The van der Waals surface area contributed by atoms with Crippen LogP contribution in [-0.4, -0.2) is 24.5 Å². The van der Waals surface area contributed by atoms with Crippen LogP contribution in [0.3, 0.4) is 0 Å². The number of pyridine rings is 1. The van der Waals surface area contributed by atoms with E-state index in [9.17, 15) is 0 Å². The first-order valence-corrected chi connectivity index (χ1v) is 6.59. The molecule has 0 aliphatic heterocycles. The predicted molar refractivity (Wildman–Crippen MR) is 77.2 cm³/mol. The second-order valence-electron chi connectivity index (χ2n) is 4.61. The molecule has 0 radical (unpaired) electrons. The van der Waals surface area contributed by atoms with Crippen LogP contribution in [0.5, 0.6) is 0 Å². The minimum atomic E-state index is 0.108. The molecule has 102 valence electrons. The summed E-state index contributed by atoms with van der Waals surface area (Å²) in [6.45, 7) is 2.11. The molecule has 0 spiro atoms. The molecule has 0 aliphatic carbocycles. The monoisotopic (exact) mass is 268 g/mol. The van der Waals surface area contributed by atoms with Crippen molar-refractivity contribution in [1.29, 1.82) is 0 Å². The molecule has 6 heteroatoms. The highest BCUT2D eigenvalue weighted by atomic mass is 15.1. The van der Waals surface area contributed by atoms with E-state index in [-0.39, 0.29) is 6.04 Å². The Balaban J connectivity index is 1.96. The van der Waals surface area contributed by atoms with E-state index in [1.54, 1.807) is 18.9 Å². The summed E-state index contributed by atoms with van der Waals surface area (Å²) in [7, 11) is 1.92. The van der Waals surface area contributed by atoms with Crippen LogP contribution < -0.4 is 5.32 Å². The van der Waals surface area contributed by atoms with Gasteiger partial charge in [0.2, 0.25) is 0 Å². The number of aromatic nitrogens is 5. The van der Waals surface area contributed by atoms with Gasteiger partial charge in [0.05, 0.1) is 18.1 Å². The first kappa shape index (κ1) is 12.5. The van der Waals surface area contributed by atoms with Crippen LogP contribution in [0.1, 0.15) is 25.1 Å². The van der Waals surface area contributed by atoms with Gasteiger partial charge >= 0.3 is 0 Å². The molecule has 3 rings (SSSR count). The number of anilines is 1. The summed E-state index contributed by atoms with van der Waals surface area (Å²) in [4.78, 5) is 17.3. The van der Waals surface area contributed by atoms with Crippen LogP contribution in [0.4, 0.5) is 5.82 Å². The topological polar surface area (TPSA) is 68.5 Å². The normalized spacial score (nSPS) is 12.5.